The van der Waals surface area contributed by atoms with Crippen molar-refractivity contribution in [3.63, 3.8) is 0 Å². The molecule has 1 amide bonds. The molecule has 6 heteroatoms. The highest BCUT2D eigenvalue weighted by Crippen LogP contribution is 2.47. The van der Waals surface area contributed by atoms with Crippen LogP contribution in [0.3, 0.4) is 0 Å². The first-order chi connectivity index (χ1) is 10.7. The van der Waals surface area contributed by atoms with Gasteiger partial charge in [0.05, 0.1) is 6.20 Å². The Bertz CT molecular complexity index is 632. The number of halogens is 1. The van der Waals surface area contributed by atoms with Crippen molar-refractivity contribution in [1.82, 2.24) is 15.3 Å². The van der Waals surface area contributed by atoms with E-state index in [0.717, 1.165) is 16.7 Å². The Morgan fingerprint density at radius 2 is 2.05 bits per heavy atom. The van der Waals surface area contributed by atoms with Gasteiger partial charge >= 0.3 is 0 Å². The zero-order valence-electron chi connectivity index (χ0n) is 12.0. The number of rotatable bonds is 6. The van der Waals surface area contributed by atoms with Crippen LogP contribution in [0.15, 0.2) is 47.3 Å². The van der Waals surface area contributed by atoms with Gasteiger partial charge in [0.25, 0.3) is 0 Å². The predicted octanol–water partition coefficient (Wildman–Crippen LogP) is 2.57. The zero-order chi connectivity index (χ0) is 15.4. The minimum atomic E-state index is 0.109. The smallest absolute Gasteiger partial charge is 0.223 e. The quantitative estimate of drug-likeness (QED) is 0.777. The van der Waals surface area contributed by atoms with Gasteiger partial charge in [-0.05, 0) is 30.0 Å². The number of benzene rings is 1. The molecule has 3 rings (SSSR count). The van der Waals surface area contributed by atoms with E-state index in [-0.39, 0.29) is 11.8 Å². The van der Waals surface area contributed by atoms with Crippen molar-refractivity contribution in [2.75, 3.05) is 18.4 Å². The minimum Gasteiger partial charge on any atom is -0.367 e. The number of aromatic nitrogens is 2. The van der Waals surface area contributed by atoms with Crippen molar-refractivity contribution in [2.45, 2.75) is 12.3 Å². The van der Waals surface area contributed by atoms with E-state index in [9.17, 15) is 4.79 Å². The molecule has 1 aromatic carbocycles. The summed E-state index contributed by atoms with van der Waals surface area (Å²) < 4.78 is 1.06. The number of carbonyl (C=O) groups excluding carboxylic acids is 1. The zero-order valence-corrected chi connectivity index (χ0v) is 13.6. The van der Waals surface area contributed by atoms with Gasteiger partial charge in [0.15, 0.2) is 0 Å². The summed E-state index contributed by atoms with van der Waals surface area (Å²) in [7, 11) is 0. The molecule has 5 nitrogen and oxygen atoms in total. The maximum atomic E-state index is 12.1. The van der Waals surface area contributed by atoms with Crippen LogP contribution in [0, 0.1) is 5.92 Å². The highest BCUT2D eigenvalue weighted by Gasteiger charge is 2.43. The molecule has 0 radical (unpaired) electrons. The molecular formula is C16H17BrN4O. The second-order valence-electron chi connectivity index (χ2n) is 5.31. The molecule has 0 spiro atoms. The average Bonchev–Trinajstić information content (AvgIpc) is 3.34. The summed E-state index contributed by atoms with van der Waals surface area (Å²) in [4.78, 5) is 20.2. The fraction of sp³-hybridized carbons (Fsp3) is 0.312. The van der Waals surface area contributed by atoms with Gasteiger partial charge in [-0.1, -0.05) is 28.1 Å². The second kappa shape index (κ2) is 6.87. The van der Waals surface area contributed by atoms with Gasteiger partial charge in [0.2, 0.25) is 5.91 Å². The molecule has 1 aliphatic carbocycles. The van der Waals surface area contributed by atoms with Gasteiger partial charge in [-0.15, -0.1) is 0 Å². The summed E-state index contributed by atoms with van der Waals surface area (Å²) in [5, 5.41) is 6.08. The molecule has 0 aliphatic heterocycles. The molecule has 114 valence electrons. The molecule has 22 heavy (non-hydrogen) atoms. The van der Waals surface area contributed by atoms with E-state index in [1.165, 1.54) is 5.56 Å². The van der Waals surface area contributed by atoms with Crippen LogP contribution >= 0.6 is 15.9 Å². The van der Waals surface area contributed by atoms with Gasteiger partial charge in [0, 0.05) is 35.9 Å². The van der Waals surface area contributed by atoms with Crippen molar-refractivity contribution in [3.05, 3.63) is 52.9 Å². The summed E-state index contributed by atoms with van der Waals surface area (Å²) in [6, 6.07) is 8.20. The van der Waals surface area contributed by atoms with E-state index in [1.807, 2.05) is 12.1 Å². The lowest BCUT2D eigenvalue weighted by atomic mass is 10.1. The van der Waals surface area contributed by atoms with E-state index in [2.05, 4.69) is 48.7 Å². The number of nitrogens with zero attached hydrogens (tertiary/aromatic N) is 2. The van der Waals surface area contributed by atoms with Crippen LogP contribution in [0.5, 0.6) is 0 Å². The van der Waals surface area contributed by atoms with Crippen LogP contribution in [-0.2, 0) is 4.79 Å². The molecular weight excluding hydrogens is 344 g/mol. The molecule has 1 aromatic heterocycles. The third-order valence-corrected chi connectivity index (χ3v) is 4.25. The Balaban J connectivity index is 1.39. The summed E-state index contributed by atoms with van der Waals surface area (Å²) >= 11 is 3.42. The summed E-state index contributed by atoms with van der Waals surface area (Å²) in [5.74, 6) is 1.32. The van der Waals surface area contributed by atoms with Crippen LogP contribution in [0.2, 0.25) is 0 Å². The number of amides is 1. The molecule has 0 bridgehead atoms. The SMILES string of the molecule is O=C(NCCNc1cnccn1)C1CC1c1ccc(Br)cc1. The fourth-order valence-corrected chi connectivity index (χ4v) is 2.73. The van der Waals surface area contributed by atoms with Gasteiger partial charge in [-0.25, -0.2) is 4.98 Å². The van der Waals surface area contributed by atoms with Crippen LogP contribution in [0.25, 0.3) is 0 Å². The molecule has 1 aliphatic rings. The Kier molecular flexibility index (Phi) is 4.68. The molecule has 1 fully saturated rings. The van der Waals surface area contributed by atoms with Gasteiger partial charge < -0.3 is 10.6 Å². The minimum absolute atomic E-state index is 0.109. The molecule has 2 atom stereocenters. The maximum Gasteiger partial charge on any atom is 0.223 e. The van der Waals surface area contributed by atoms with Crippen LogP contribution in [-0.4, -0.2) is 29.0 Å². The van der Waals surface area contributed by atoms with E-state index in [0.29, 0.717) is 19.0 Å². The topological polar surface area (TPSA) is 66.9 Å². The third kappa shape index (κ3) is 3.82. The maximum absolute atomic E-state index is 12.1. The van der Waals surface area contributed by atoms with Crippen molar-refractivity contribution >= 4 is 27.7 Å². The van der Waals surface area contributed by atoms with E-state index in [4.69, 9.17) is 0 Å². The van der Waals surface area contributed by atoms with Gasteiger partial charge in [-0.2, -0.15) is 0 Å². The normalized spacial score (nSPS) is 19.5. The highest BCUT2D eigenvalue weighted by molar-refractivity contribution is 9.10. The summed E-state index contributed by atoms with van der Waals surface area (Å²) in [6.07, 6.45) is 5.85. The van der Waals surface area contributed by atoms with E-state index >= 15 is 0 Å². The first-order valence-electron chi connectivity index (χ1n) is 7.27. The lowest BCUT2D eigenvalue weighted by Gasteiger charge is -2.07. The molecule has 1 saturated carbocycles. The summed E-state index contributed by atoms with van der Waals surface area (Å²) in [5.41, 5.74) is 1.24. The molecule has 2 N–H and O–H groups in total. The predicted molar refractivity (Wildman–Crippen MR) is 88.5 cm³/mol. The van der Waals surface area contributed by atoms with Gasteiger partial charge in [-0.3, -0.25) is 9.78 Å². The third-order valence-electron chi connectivity index (χ3n) is 3.72. The number of anilines is 1. The van der Waals surface area contributed by atoms with Gasteiger partial charge in [0.1, 0.15) is 5.82 Å². The number of hydrogen-bond acceptors (Lipinski definition) is 4. The second-order valence-corrected chi connectivity index (χ2v) is 6.22. The molecule has 1 heterocycles. The Hall–Kier alpha value is -1.95. The van der Waals surface area contributed by atoms with Crippen LogP contribution in [0.4, 0.5) is 5.82 Å². The molecule has 0 saturated heterocycles. The molecule has 2 unspecified atom stereocenters. The highest BCUT2D eigenvalue weighted by atomic mass is 79.9. The fourth-order valence-electron chi connectivity index (χ4n) is 2.46. The first kappa shape index (κ1) is 15.0. The number of hydrogen-bond donors (Lipinski definition) is 2. The van der Waals surface area contributed by atoms with E-state index < -0.39 is 0 Å². The summed E-state index contributed by atoms with van der Waals surface area (Å²) in [6.45, 7) is 1.22. The van der Waals surface area contributed by atoms with E-state index in [1.54, 1.807) is 18.6 Å². The van der Waals surface area contributed by atoms with Crippen molar-refractivity contribution < 1.29 is 4.79 Å². The van der Waals surface area contributed by atoms with Crippen LogP contribution in [0.1, 0.15) is 17.9 Å². The lowest BCUT2D eigenvalue weighted by Crippen LogP contribution is -2.30. The largest absolute Gasteiger partial charge is 0.367 e. The lowest BCUT2D eigenvalue weighted by molar-refractivity contribution is -0.122. The van der Waals surface area contributed by atoms with Crippen molar-refractivity contribution in [3.8, 4) is 0 Å². The Morgan fingerprint density at radius 1 is 1.23 bits per heavy atom. The Labute approximate surface area is 137 Å². The number of carbonyl (C=O) groups is 1. The standard InChI is InChI=1S/C16H17BrN4O/c17-12-3-1-11(2-4-12)13-9-14(13)16(22)21-8-7-20-15-10-18-5-6-19-15/h1-6,10,13-14H,7-9H2,(H,19,20)(H,21,22). The van der Waals surface area contributed by atoms with Crippen molar-refractivity contribution in [1.29, 1.82) is 0 Å². The number of nitrogens with one attached hydrogen (secondary N) is 2. The first-order valence-corrected chi connectivity index (χ1v) is 8.06. The average molecular weight is 361 g/mol. The van der Waals surface area contributed by atoms with Crippen LogP contribution < -0.4 is 10.6 Å². The Morgan fingerprint density at radius 3 is 2.77 bits per heavy atom. The van der Waals surface area contributed by atoms with Crippen molar-refractivity contribution in [2.24, 2.45) is 5.92 Å². The monoisotopic (exact) mass is 360 g/mol. The molecule has 2 aromatic rings.